The monoisotopic (exact) mass is 413 g/mol. The molecule has 0 saturated carbocycles. The summed E-state index contributed by atoms with van der Waals surface area (Å²) in [4.78, 5) is 3.86. The Labute approximate surface area is 176 Å². The number of quaternary nitrogens is 1. The second kappa shape index (κ2) is 8.43. The Bertz CT molecular complexity index is 965. The molecule has 152 valence electrons. The van der Waals surface area contributed by atoms with Gasteiger partial charge in [-0.1, -0.05) is 17.7 Å². The van der Waals surface area contributed by atoms with Crippen LogP contribution in [0.2, 0.25) is 5.02 Å². The molecule has 1 aliphatic rings. The number of ether oxygens (including phenoxy) is 1. The molecule has 1 aliphatic heterocycles. The van der Waals surface area contributed by atoms with Crippen LogP contribution in [0, 0.1) is 6.92 Å². The van der Waals surface area contributed by atoms with Crippen molar-refractivity contribution in [1.82, 2.24) is 10.2 Å². The number of rotatable bonds is 5. The Morgan fingerprint density at radius 1 is 1.10 bits per heavy atom. The molecule has 0 bridgehead atoms. The molecule has 2 aromatic carbocycles. The van der Waals surface area contributed by atoms with E-state index in [0.717, 1.165) is 42.5 Å². The van der Waals surface area contributed by atoms with Gasteiger partial charge in [0, 0.05) is 16.3 Å². The topological polar surface area (TPSA) is 55.8 Å². The Hall–Kier alpha value is -2.57. The molecule has 0 aliphatic carbocycles. The van der Waals surface area contributed by atoms with Crippen molar-refractivity contribution in [2.45, 2.75) is 19.9 Å². The largest absolute Gasteiger partial charge is 0.497 e. The summed E-state index contributed by atoms with van der Waals surface area (Å²) in [6.45, 7) is 8.25. The number of piperazine rings is 1. The molecule has 3 aromatic rings. The minimum atomic E-state index is 0.150. The van der Waals surface area contributed by atoms with Gasteiger partial charge in [-0.2, -0.15) is 0 Å². The molecule has 0 radical (unpaired) electrons. The first-order chi connectivity index (χ1) is 14.0. The number of nitrogens with one attached hydrogen (secondary N) is 1. The fourth-order valence-electron chi connectivity index (χ4n) is 3.83. The van der Waals surface area contributed by atoms with Crippen molar-refractivity contribution in [2.24, 2.45) is 0 Å². The maximum absolute atomic E-state index is 6.20. The van der Waals surface area contributed by atoms with E-state index in [1.807, 2.05) is 30.3 Å². The number of anilines is 1. The molecule has 1 N–H and O–H groups in total. The molecule has 0 unspecified atom stereocenters. The zero-order valence-corrected chi connectivity index (χ0v) is 17.7. The number of benzene rings is 2. The molecule has 0 amide bonds. The average molecular weight is 414 g/mol. The standard InChI is InChI=1S/C22H25ClN4O2/c1-15-4-7-18(23)14-20(15)27-12-10-26(11-13-27)16(2)21-24-25-22(29-21)17-5-8-19(28-3)9-6-17/h4-9,14,16H,10-13H2,1-3H3/p+1/t16-/m1/s1. The van der Waals surface area contributed by atoms with Crippen LogP contribution in [0.15, 0.2) is 46.9 Å². The lowest BCUT2D eigenvalue weighted by Crippen LogP contribution is -3.14. The molecule has 1 fully saturated rings. The molecule has 1 aromatic heterocycles. The van der Waals surface area contributed by atoms with Crippen LogP contribution < -0.4 is 14.5 Å². The van der Waals surface area contributed by atoms with Crippen molar-refractivity contribution in [2.75, 3.05) is 38.2 Å². The first-order valence-electron chi connectivity index (χ1n) is 9.88. The predicted molar refractivity (Wildman–Crippen MR) is 114 cm³/mol. The van der Waals surface area contributed by atoms with Crippen LogP contribution in [0.25, 0.3) is 11.5 Å². The first kappa shape index (κ1) is 19.7. The Balaban J connectivity index is 1.41. The second-order valence-electron chi connectivity index (χ2n) is 7.47. The van der Waals surface area contributed by atoms with Crippen LogP contribution in [0.3, 0.4) is 0 Å². The zero-order chi connectivity index (χ0) is 20.4. The Morgan fingerprint density at radius 3 is 2.52 bits per heavy atom. The quantitative estimate of drug-likeness (QED) is 0.696. The molecule has 1 atom stereocenters. The van der Waals surface area contributed by atoms with Gasteiger partial charge in [0.15, 0.2) is 6.04 Å². The van der Waals surface area contributed by atoms with Gasteiger partial charge in [-0.3, -0.25) is 0 Å². The number of hydrogen-bond donors (Lipinski definition) is 1. The number of aryl methyl sites for hydroxylation is 1. The fourth-order valence-corrected chi connectivity index (χ4v) is 3.99. The molecule has 1 saturated heterocycles. The normalized spacial score (nSPS) is 16.1. The van der Waals surface area contributed by atoms with Crippen molar-refractivity contribution in [3.8, 4) is 17.2 Å². The van der Waals surface area contributed by atoms with Gasteiger partial charge < -0.3 is 19.0 Å². The molecule has 0 spiro atoms. The maximum Gasteiger partial charge on any atom is 0.274 e. The van der Waals surface area contributed by atoms with Crippen LogP contribution in [0.4, 0.5) is 5.69 Å². The molecule has 4 rings (SSSR count). The van der Waals surface area contributed by atoms with Gasteiger partial charge in [-0.05, 0) is 55.8 Å². The number of halogens is 1. The molecule has 7 heteroatoms. The highest BCUT2D eigenvalue weighted by Gasteiger charge is 2.29. The smallest absolute Gasteiger partial charge is 0.274 e. The maximum atomic E-state index is 6.20. The van der Waals surface area contributed by atoms with Gasteiger partial charge in [0.1, 0.15) is 5.75 Å². The fraction of sp³-hybridized carbons (Fsp3) is 0.364. The average Bonchev–Trinajstić information content (AvgIpc) is 3.25. The third-order valence-electron chi connectivity index (χ3n) is 5.68. The minimum Gasteiger partial charge on any atom is -0.497 e. The van der Waals surface area contributed by atoms with E-state index < -0.39 is 0 Å². The number of hydrogen-bond acceptors (Lipinski definition) is 5. The first-order valence-corrected chi connectivity index (χ1v) is 10.3. The molecule has 2 heterocycles. The van der Waals surface area contributed by atoms with Crippen molar-refractivity contribution >= 4 is 17.3 Å². The lowest BCUT2D eigenvalue weighted by atomic mass is 10.1. The number of methoxy groups -OCH3 is 1. The lowest BCUT2D eigenvalue weighted by molar-refractivity contribution is -0.931. The van der Waals surface area contributed by atoms with Gasteiger partial charge in [0.25, 0.3) is 5.89 Å². The van der Waals surface area contributed by atoms with E-state index in [0.29, 0.717) is 11.8 Å². The van der Waals surface area contributed by atoms with Gasteiger partial charge >= 0.3 is 0 Å². The Kier molecular flexibility index (Phi) is 5.74. The van der Waals surface area contributed by atoms with Crippen LogP contribution in [0.1, 0.15) is 24.4 Å². The van der Waals surface area contributed by atoms with Crippen molar-refractivity contribution in [3.05, 3.63) is 58.9 Å². The lowest BCUT2D eigenvalue weighted by Gasteiger charge is -2.36. The summed E-state index contributed by atoms with van der Waals surface area (Å²) >= 11 is 6.20. The highest BCUT2D eigenvalue weighted by molar-refractivity contribution is 6.30. The van der Waals surface area contributed by atoms with E-state index in [2.05, 4.69) is 41.1 Å². The molecular weight excluding hydrogens is 388 g/mol. The second-order valence-corrected chi connectivity index (χ2v) is 7.91. The predicted octanol–water partition coefficient (Wildman–Crippen LogP) is 3.17. The van der Waals surface area contributed by atoms with E-state index in [9.17, 15) is 0 Å². The highest BCUT2D eigenvalue weighted by atomic mass is 35.5. The number of aromatic nitrogens is 2. The van der Waals surface area contributed by atoms with E-state index in [4.69, 9.17) is 20.8 Å². The summed E-state index contributed by atoms with van der Waals surface area (Å²) in [6, 6.07) is 13.9. The molecule has 29 heavy (non-hydrogen) atoms. The van der Waals surface area contributed by atoms with Crippen LogP contribution in [-0.4, -0.2) is 43.5 Å². The SMILES string of the molecule is COc1ccc(-c2nnc([C@@H](C)[NH+]3CCN(c4cc(Cl)ccc4C)CC3)o2)cc1. The minimum absolute atomic E-state index is 0.150. The van der Waals surface area contributed by atoms with Crippen molar-refractivity contribution in [3.63, 3.8) is 0 Å². The van der Waals surface area contributed by atoms with E-state index >= 15 is 0 Å². The van der Waals surface area contributed by atoms with Gasteiger partial charge in [-0.15, -0.1) is 10.2 Å². The van der Waals surface area contributed by atoms with Gasteiger partial charge in [0.05, 0.1) is 33.3 Å². The van der Waals surface area contributed by atoms with Crippen LogP contribution in [-0.2, 0) is 0 Å². The summed E-state index contributed by atoms with van der Waals surface area (Å²) in [5.41, 5.74) is 3.38. The van der Waals surface area contributed by atoms with Crippen LogP contribution >= 0.6 is 11.6 Å². The highest BCUT2D eigenvalue weighted by Crippen LogP contribution is 2.25. The summed E-state index contributed by atoms with van der Waals surface area (Å²) in [5, 5.41) is 9.34. The Morgan fingerprint density at radius 2 is 1.83 bits per heavy atom. The molecular formula is C22H26ClN4O2+. The van der Waals surface area contributed by atoms with E-state index in [1.54, 1.807) is 7.11 Å². The van der Waals surface area contributed by atoms with E-state index in [-0.39, 0.29) is 6.04 Å². The van der Waals surface area contributed by atoms with Crippen LogP contribution in [0.5, 0.6) is 5.75 Å². The number of nitrogens with zero attached hydrogens (tertiary/aromatic N) is 3. The summed E-state index contributed by atoms with van der Waals surface area (Å²) in [7, 11) is 1.65. The van der Waals surface area contributed by atoms with Gasteiger partial charge in [-0.25, -0.2) is 0 Å². The summed E-state index contributed by atoms with van der Waals surface area (Å²) in [6.07, 6.45) is 0. The summed E-state index contributed by atoms with van der Waals surface area (Å²) < 4.78 is 11.2. The molecule has 6 nitrogen and oxygen atoms in total. The van der Waals surface area contributed by atoms with Gasteiger partial charge in [0.2, 0.25) is 5.89 Å². The third-order valence-corrected chi connectivity index (χ3v) is 5.91. The van der Waals surface area contributed by atoms with Crippen molar-refractivity contribution < 1.29 is 14.1 Å². The zero-order valence-electron chi connectivity index (χ0n) is 17.0. The summed E-state index contributed by atoms with van der Waals surface area (Å²) in [5.74, 6) is 2.03. The van der Waals surface area contributed by atoms with E-state index in [1.165, 1.54) is 16.2 Å². The third kappa shape index (κ3) is 4.23. The van der Waals surface area contributed by atoms with Crippen molar-refractivity contribution in [1.29, 1.82) is 0 Å².